The molecule has 0 aliphatic rings. The van der Waals surface area contributed by atoms with Crippen LogP contribution in [0, 0.1) is 6.92 Å². The number of hydrogen-bond acceptors (Lipinski definition) is 5. The molecule has 1 amide bonds. The molecule has 0 unspecified atom stereocenters. The molecule has 0 fully saturated rings. The van der Waals surface area contributed by atoms with Gasteiger partial charge in [-0.2, -0.15) is 0 Å². The quantitative estimate of drug-likeness (QED) is 0.712. The number of ether oxygens (including phenoxy) is 1. The van der Waals surface area contributed by atoms with Crippen molar-refractivity contribution in [2.45, 2.75) is 13.8 Å². The van der Waals surface area contributed by atoms with Gasteiger partial charge in [-0.15, -0.1) is 0 Å². The molecular weight excluding hydrogens is 340 g/mol. The van der Waals surface area contributed by atoms with E-state index >= 15 is 0 Å². The smallest absolute Gasteiger partial charge is 0.274 e. The molecule has 6 heteroatoms. The summed E-state index contributed by atoms with van der Waals surface area (Å²) in [4.78, 5) is 23.1. The van der Waals surface area contributed by atoms with E-state index in [1.165, 1.54) is 6.33 Å². The van der Waals surface area contributed by atoms with E-state index in [2.05, 4.69) is 21.4 Å². The Kier molecular flexibility index (Phi) is 5.66. The van der Waals surface area contributed by atoms with Crippen molar-refractivity contribution in [1.82, 2.24) is 9.97 Å². The number of carbonyl (C=O) groups is 1. The van der Waals surface area contributed by atoms with Crippen molar-refractivity contribution in [1.29, 1.82) is 0 Å². The van der Waals surface area contributed by atoms with Crippen LogP contribution in [0.4, 0.5) is 17.2 Å². The first-order valence-electron chi connectivity index (χ1n) is 8.72. The van der Waals surface area contributed by atoms with Gasteiger partial charge in [-0.05, 0) is 43.7 Å². The topological polar surface area (TPSA) is 67.4 Å². The highest BCUT2D eigenvalue weighted by Crippen LogP contribution is 2.24. The first-order chi connectivity index (χ1) is 13.1. The van der Waals surface area contributed by atoms with E-state index in [0.29, 0.717) is 22.9 Å². The van der Waals surface area contributed by atoms with Crippen molar-refractivity contribution in [3.63, 3.8) is 0 Å². The highest BCUT2D eigenvalue weighted by atomic mass is 16.5. The van der Waals surface area contributed by atoms with Gasteiger partial charge in [0.1, 0.15) is 23.6 Å². The van der Waals surface area contributed by atoms with Crippen molar-refractivity contribution < 1.29 is 9.53 Å². The van der Waals surface area contributed by atoms with Crippen LogP contribution in [-0.4, -0.2) is 29.5 Å². The third kappa shape index (κ3) is 4.41. The van der Waals surface area contributed by atoms with Gasteiger partial charge in [-0.3, -0.25) is 4.79 Å². The molecule has 3 aromatic rings. The fraction of sp³-hybridized carbons (Fsp3) is 0.190. The number of aromatic nitrogens is 2. The summed E-state index contributed by atoms with van der Waals surface area (Å²) in [5.74, 6) is 1.05. The van der Waals surface area contributed by atoms with Gasteiger partial charge in [0.05, 0.1) is 7.11 Å². The predicted molar refractivity (Wildman–Crippen MR) is 107 cm³/mol. The second-order valence-electron chi connectivity index (χ2n) is 6.03. The Labute approximate surface area is 158 Å². The van der Waals surface area contributed by atoms with Crippen LogP contribution in [0.5, 0.6) is 5.75 Å². The molecule has 0 aliphatic heterocycles. The molecule has 0 saturated carbocycles. The lowest BCUT2D eigenvalue weighted by Crippen LogP contribution is -2.20. The van der Waals surface area contributed by atoms with Crippen LogP contribution in [0.2, 0.25) is 0 Å². The number of methoxy groups -OCH3 is 1. The average molecular weight is 362 g/mol. The molecule has 0 aliphatic carbocycles. The molecule has 1 heterocycles. The summed E-state index contributed by atoms with van der Waals surface area (Å²) in [5.41, 5.74) is 3.13. The van der Waals surface area contributed by atoms with E-state index in [-0.39, 0.29) is 5.91 Å². The number of benzene rings is 2. The van der Waals surface area contributed by atoms with Gasteiger partial charge in [-0.1, -0.05) is 18.2 Å². The fourth-order valence-corrected chi connectivity index (χ4v) is 2.79. The van der Waals surface area contributed by atoms with E-state index in [1.54, 1.807) is 25.3 Å². The van der Waals surface area contributed by atoms with Crippen LogP contribution in [-0.2, 0) is 0 Å². The lowest BCUT2D eigenvalue weighted by atomic mass is 10.2. The summed E-state index contributed by atoms with van der Waals surface area (Å²) in [5, 5.41) is 2.84. The van der Waals surface area contributed by atoms with E-state index in [1.807, 2.05) is 49.1 Å². The molecule has 3 rings (SSSR count). The summed E-state index contributed by atoms with van der Waals surface area (Å²) in [6, 6.07) is 17.0. The monoisotopic (exact) mass is 362 g/mol. The van der Waals surface area contributed by atoms with Crippen molar-refractivity contribution >= 4 is 23.1 Å². The largest absolute Gasteiger partial charge is 0.497 e. The molecule has 0 radical (unpaired) electrons. The Hall–Kier alpha value is -3.41. The Morgan fingerprint density at radius 2 is 1.93 bits per heavy atom. The van der Waals surface area contributed by atoms with Crippen LogP contribution >= 0.6 is 0 Å². The summed E-state index contributed by atoms with van der Waals surface area (Å²) >= 11 is 0. The summed E-state index contributed by atoms with van der Waals surface area (Å²) in [6.45, 7) is 4.81. The Bertz CT molecular complexity index is 943. The van der Waals surface area contributed by atoms with Crippen LogP contribution < -0.4 is 15.0 Å². The first kappa shape index (κ1) is 18.4. The fourth-order valence-electron chi connectivity index (χ4n) is 2.79. The number of aryl methyl sites for hydroxylation is 1. The van der Waals surface area contributed by atoms with Gasteiger partial charge in [0.2, 0.25) is 0 Å². The Morgan fingerprint density at radius 1 is 1.11 bits per heavy atom. The number of rotatable bonds is 6. The highest BCUT2D eigenvalue weighted by Gasteiger charge is 2.14. The van der Waals surface area contributed by atoms with Gasteiger partial charge in [-0.25, -0.2) is 9.97 Å². The zero-order valence-electron chi connectivity index (χ0n) is 15.6. The lowest BCUT2D eigenvalue weighted by Gasteiger charge is -2.22. The second kappa shape index (κ2) is 8.31. The van der Waals surface area contributed by atoms with Gasteiger partial charge in [0.25, 0.3) is 5.91 Å². The molecule has 0 spiro atoms. The number of nitrogens with one attached hydrogen (secondary N) is 1. The maximum Gasteiger partial charge on any atom is 0.274 e. The molecule has 0 atom stereocenters. The van der Waals surface area contributed by atoms with Crippen molar-refractivity contribution in [2.24, 2.45) is 0 Å². The molecule has 27 heavy (non-hydrogen) atoms. The third-order valence-corrected chi connectivity index (χ3v) is 4.12. The molecule has 0 saturated heterocycles. The molecule has 1 N–H and O–H groups in total. The number of nitrogens with zero attached hydrogens (tertiary/aromatic N) is 3. The van der Waals surface area contributed by atoms with Crippen molar-refractivity contribution in [3.05, 3.63) is 72.2 Å². The predicted octanol–water partition coefficient (Wildman–Crippen LogP) is 4.20. The number of amides is 1. The SMILES string of the molecule is CCN(c1cccc(C)c1)c1cc(C(=O)Nc2cccc(OC)c2)ncn1. The van der Waals surface area contributed by atoms with E-state index in [0.717, 1.165) is 17.8 Å². The minimum absolute atomic E-state index is 0.299. The van der Waals surface area contributed by atoms with Gasteiger partial charge < -0.3 is 15.0 Å². The van der Waals surface area contributed by atoms with Crippen LogP contribution in [0.15, 0.2) is 60.9 Å². The zero-order chi connectivity index (χ0) is 19.2. The minimum Gasteiger partial charge on any atom is -0.497 e. The first-order valence-corrected chi connectivity index (χ1v) is 8.72. The lowest BCUT2D eigenvalue weighted by molar-refractivity contribution is 0.102. The summed E-state index contributed by atoms with van der Waals surface area (Å²) < 4.78 is 5.18. The highest BCUT2D eigenvalue weighted by molar-refractivity contribution is 6.03. The number of anilines is 3. The van der Waals surface area contributed by atoms with E-state index in [4.69, 9.17) is 4.74 Å². The molecule has 2 aromatic carbocycles. The summed E-state index contributed by atoms with van der Waals surface area (Å²) in [7, 11) is 1.59. The second-order valence-corrected chi connectivity index (χ2v) is 6.03. The van der Waals surface area contributed by atoms with Crippen LogP contribution in [0.1, 0.15) is 23.0 Å². The minimum atomic E-state index is -0.299. The number of carbonyl (C=O) groups excluding carboxylic acids is 1. The molecule has 0 bridgehead atoms. The van der Waals surface area contributed by atoms with Crippen LogP contribution in [0.3, 0.4) is 0 Å². The average Bonchev–Trinajstić information content (AvgIpc) is 2.69. The Morgan fingerprint density at radius 3 is 2.67 bits per heavy atom. The number of hydrogen-bond donors (Lipinski definition) is 1. The van der Waals surface area contributed by atoms with Gasteiger partial charge >= 0.3 is 0 Å². The zero-order valence-corrected chi connectivity index (χ0v) is 15.6. The van der Waals surface area contributed by atoms with Crippen molar-refractivity contribution in [2.75, 3.05) is 23.9 Å². The molecular formula is C21H22N4O2. The normalized spacial score (nSPS) is 10.3. The van der Waals surface area contributed by atoms with Crippen LogP contribution in [0.25, 0.3) is 0 Å². The van der Waals surface area contributed by atoms with E-state index in [9.17, 15) is 4.79 Å². The molecule has 138 valence electrons. The maximum absolute atomic E-state index is 12.6. The molecule has 1 aromatic heterocycles. The van der Waals surface area contributed by atoms with Gasteiger partial charge in [0, 0.05) is 30.1 Å². The Balaban J connectivity index is 1.84. The standard InChI is InChI=1S/C21H22N4O2/c1-4-25(17-9-5-7-15(2)11-17)20-13-19(22-14-23-20)21(26)24-16-8-6-10-18(12-16)27-3/h5-14H,4H2,1-3H3,(H,24,26). The maximum atomic E-state index is 12.6. The third-order valence-electron chi connectivity index (χ3n) is 4.12. The molecule has 6 nitrogen and oxygen atoms in total. The van der Waals surface area contributed by atoms with E-state index < -0.39 is 0 Å². The van der Waals surface area contributed by atoms with Crippen molar-refractivity contribution in [3.8, 4) is 5.75 Å². The summed E-state index contributed by atoms with van der Waals surface area (Å²) in [6.07, 6.45) is 1.41. The van der Waals surface area contributed by atoms with Gasteiger partial charge in [0.15, 0.2) is 0 Å².